The van der Waals surface area contributed by atoms with Gasteiger partial charge in [-0.2, -0.15) is 5.10 Å². The number of para-hydroxylation sites is 1. The van der Waals surface area contributed by atoms with Gasteiger partial charge < -0.3 is 10.2 Å². The molecule has 0 unspecified atom stereocenters. The molecule has 0 spiro atoms. The highest BCUT2D eigenvalue weighted by Gasteiger charge is 2.31. The van der Waals surface area contributed by atoms with Gasteiger partial charge in [-0.05, 0) is 63.4 Å². The molecule has 1 aromatic heterocycles. The maximum Gasteiger partial charge on any atom is 0.0690 e. The van der Waals surface area contributed by atoms with Crippen LogP contribution < -0.4 is 5.32 Å². The normalized spacial score (nSPS) is 24.7. The van der Waals surface area contributed by atoms with Gasteiger partial charge in [-0.25, -0.2) is 4.68 Å². The number of piperidine rings is 1. The van der Waals surface area contributed by atoms with Gasteiger partial charge >= 0.3 is 0 Å². The van der Waals surface area contributed by atoms with Crippen LogP contribution in [-0.4, -0.2) is 39.9 Å². The van der Waals surface area contributed by atoms with E-state index in [-0.39, 0.29) is 0 Å². The Balaban J connectivity index is 1.43. The van der Waals surface area contributed by atoms with Crippen LogP contribution in [0, 0.1) is 6.92 Å². The second-order valence-corrected chi connectivity index (χ2v) is 6.96. The molecule has 0 bridgehead atoms. The van der Waals surface area contributed by atoms with Crippen LogP contribution in [0.4, 0.5) is 0 Å². The third kappa shape index (κ3) is 3.19. The summed E-state index contributed by atoms with van der Waals surface area (Å²) in [5, 5.41) is 8.36. The summed E-state index contributed by atoms with van der Waals surface area (Å²) in [4.78, 5) is 2.68. The summed E-state index contributed by atoms with van der Waals surface area (Å²) in [6.45, 7) is 5.54. The van der Waals surface area contributed by atoms with Crippen molar-refractivity contribution in [2.45, 2.75) is 51.2 Å². The fourth-order valence-corrected chi connectivity index (χ4v) is 4.10. The zero-order valence-corrected chi connectivity index (χ0v) is 13.9. The van der Waals surface area contributed by atoms with E-state index in [0.717, 1.165) is 18.3 Å². The summed E-state index contributed by atoms with van der Waals surface area (Å²) in [5.41, 5.74) is 3.57. The van der Waals surface area contributed by atoms with Gasteiger partial charge in [0.1, 0.15) is 0 Å². The first kappa shape index (κ1) is 14.9. The molecule has 4 nitrogen and oxygen atoms in total. The molecule has 0 aliphatic carbocycles. The van der Waals surface area contributed by atoms with Crippen molar-refractivity contribution in [3.8, 4) is 5.69 Å². The first-order valence-corrected chi connectivity index (χ1v) is 8.87. The van der Waals surface area contributed by atoms with Crippen molar-refractivity contribution in [2.24, 2.45) is 0 Å². The van der Waals surface area contributed by atoms with E-state index in [1.165, 1.54) is 50.0 Å². The standard InChI is InChI=1S/C19H26N4/c1-15-8-12-23(21-15)19-7-3-2-5-16(19)14-20-17-9-11-22-10-4-6-18(22)13-17/h2-3,5,7-8,12,17-18,20H,4,6,9-11,13-14H2,1H3/t17-,18-/m0/s1. The highest BCUT2D eigenvalue weighted by Crippen LogP contribution is 2.27. The molecule has 122 valence electrons. The number of fused-ring (bicyclic) bond motifs is 1. The minimum atomic E-state index is 0.654. The molecule has 4 rings (SSSR count). The Morgan fingerprint density at radius 1 is 1.17 bits per heavy atom. The highest BCUT2D eigenvalue weighted by atomic mass is 15.3. The minimum Gasteiger partial charge on any atom is -0.310 e. The predicted molar refractivity (Wildman–Crippen MR) is 92.8 cm³/mol. The lowest BCUT2D eigenvalue weighted by Gasteiger charge is -2.35. The third-order valence-electron chi connectivity index (χ3n) is 5.36. The van der Waals surface area contributed by atoms with E-state index >= 15 is 0 Å². The zero-order valence-electron chi connectivity index (χ0n) is 13.9. The van der Waals surface area contributed by atoms with Crippen molar-refractivity contribution in [3.63, 3.8) is 0 Å². The third-order valence-corrected chi connectivity index (χ3v) is 5.36. The van der Waals surface area contributed by atoms with E-state index in [4.69, 9.17) is 0 Å². The molecule has 0 amide bonds. The molecule has 3 heterocycles. The Hall–Kier alpha value is -1.65. The monoisotopic (exact) mass is 310 g/mol. The van der Waals surface area contributed by atoms with Gasteiger partial charge in [0.25, 0.3) is 0 Å². The molecule has 2 aliphatic heterocycles. The zero-order chi connectivity index (χ0) is 15.6. The summed E-state index contributed by atoms with van der Waals surface area (Å²) in [7, 11) is 0. The molecule has 0 radical (unpaired) electrons. The Bertz CT molecular complexity index is 663. The smallest absolute Gasteiger partial charge is 0.0690 e. The Kier molecular flexibility index (Phi) is 4.19. The first-order chi connectivity index (χ1) is 11.3. The van der Waals surface area contributed by atoms with Crippen LogP contribution in [0.25, 0.3) is 5.69 Å². The molecule has 2 atom stereocenters. The number of rotatable bonds is 4. The number of hydrogen-bond donors (Lipinski definition) is 1. The van der Waals surface area contributed by atoms with Crippen LogP contribution in [0.3, 0.4) is 0 Å². The van der Waals surface area contributed by atoms with Crippen molar-refractivity contribution < 1.29 is 0 Å². The number of aryl methyl sites for hydroxylation is 1. The van der Waals surface area contributed by atoms with E-state index in [1.54, 1.807) is 0 Å². The van der Waals surface area contributed by atoms with E-state index in [1.807, 2.05) is 17.8 Å². The molecule has 4 heteroatoms. The Morgan fingerprint density at radius 2 is 2.09 bits per heavy atom. The molecule has 2 fully saturated rings. The SMILES string of the molecule is Cc1ccn(-c2ccccc2CN[C@H]2CCN3CCC[C@H]3C2)n1. The second kappa shape index (κ2) is 6.46. The van der Waals surface area contributed by atoms with Crippen molar-refractivity contribution in [2.75, 3.05) is 13.1 Å². The summed E-state index contributed by atoms with van der Waals surface area (Å²) in [5.74, 6) is 0. The van der Waals surface area contributed by atoms with Gasteiger partial charge in [0.2, 0.25) is 0 Å². The minimum absolute atomic E-state index is 0.654. The number of benzene rings is 1. The molecule has 2 aromatic rings. The van der Waals surface area contributed by atoms with Gasteiger partial charge in [-0.3, -0.25) is 0 Å². The first-order valence-electron chi connectivity index (χ1n) is 8.87. The van der Waals surface area contributed by atoms with Crippen molar-refractivity contribution in [1.29, 1.82) is 0 Å². The Morgan fingerprint density at radius 3 is 2.96 bits per heavy atom. The van der Waals surface area contributed by atoms with Gasteiger partial charge in [0.05, 0.1) is 11.4 Å². The summed E-state index contributed by atoms with van der Waals surface area (Å²) in [6, 6.07) is 12.1. The largest absolute Gasteiger partial charge is 0.310 e. The maximum absolute atomic E-state index is 4.56. The van der Waals surface area contributed by atoms with Crippen LogP contribution >= 0.6 is 0 Å². The van der Waals surface area contributed by atoms with Crippen LogP contribution in [0.15, 0.2) is 36.5 Å². The molecular formula is C19H26N4. The molecule has 1 aromatic carbocycles. The van der Waals surface area contributed by atoms with Crippen LogP contribution in [-0.2, 0) is 6.54 Å². The molecule has 1 N–H and O–H groups in total. The van der Waals surface area contributed by atoms with Gasteiger partial charge in [-0.15, -0.1) is 0 Å². The lowest BCUT2D eigenvalue weighted by atomic mass is 9.97. The molecule has 0 saturated carbocycles. The predicted octanol–water partition coefficient (Wildman–Crippen LogP) is 2.90. The fraction of sp³-hybridized carbons (Fsp3) is 0.526. The molecule has 23 heavy (non-hydrogen) atoms. The average molecular weight is 310 g/mol. The van der Waals surface area contributed by atoms with E-state index < -0.39 is 0 Å². The topological polar surface area (TPSA) is 33.1 Å². The second-order valence-electron chi connectivity index (χ2n) is 6.96. The molecule has 2 saturated heterocycles. The van der Waals surface area contributed by atoms with Crippen LogP contribution in [0.1, 0.15) is 36.9 Å². The van der Waals surface area contributed by atoms with Gasteiger partial charge in [0, 0.05) is 24.8 Å². The maximum atomic E-state index is 4.56. The lowest BCUT2D eigenvalue weighted by molar-refractivity contribution is 0.166. The quantitative estimate of drug-likeness (QED) is 0.942. The summed E-state index contributed by atoms with van der Waals surface area (Å²) < 4.78 is 1.99. The number of hydrogen-bond acceptors (Lipinski definition) is 3. The Labute approximate surface area is 138 Å². The van der Waals surface area contributed by atoms with E-state index in [2.05, 4.69) is 45.6 Å². The van der Waals surface area contributed by atoms with Crippen molar-refractivity contribution in [1.82, 2.24) is 20.0 Å². The average Bonchev–Trinajstić information content (AvgIpc) is 3.21. The van der Waals surface area contributed by atoms with Gasteiger partial charge in [-0.1, -0.05) is 18.2 Å². The van der Waals surface area contributed by atoms with E-state index in [0.29, 0.717) is 6.04 Å². The van der Waals surface area contributed by atoms with Gasteiger partial charge in [0.15, 0.2) is 0 Å². The molecule has 2 aliphatic rings. The molecular weight excluding hydrogens is 284 g/mol. The number of nitrogens with one attached hydrogen (secondary N) is 1. The summed E-state index contributed by atoms with van der Waals surface area (Å²) in [6.07, 6.45) is 7.41. The number of aromatic nitrogens is 2. The summed E-state index contributed by atoms with van der Waals surface area (Å²) >= 11 is 0. The number of nitrogens with zero attached hydrogens (tertiary/aromatic N) is 3. The fourth-order valence-electron chi connectivity index (χ4n) is 4.10. The van der Waals surface area contributed by atoms with E-state index in [9.17, 15) is 0 Å². The van der Waals surface area contributed by atoms with Crippen LogP contribution in [0.2, 0.25) is 0 Å². The lowest BCUT2D eigenvalue weighted by Crippen LogP contribution is -2.45. The van der Waals surface area contributed by atoms with Crippen molar-refractivity contribution in [3.05, 3.63) is 47.8 Å². The highest BCUT2D eigenvalue weighted by molar-refractivity contribution is 5.40. The van der Waals surface area contributed by atoms with Crippen molar-refractivity contribution >= 4 is 0 Å². The van der Waals surface area contributed by atoms with Crippen LogP contribution in [0.5, 0.6) is 0 Å².